The van der Waals surface area contributed by atoms with E-state index in [1.807, 2.05) is 18.3 Å². The highest BCUT2D eigenvalue weighted by atomic mass is 32.1. The molecule has 0 fully saturated rings. The second-order valence-electron chi connectivity index (χ2n) is 6.42. The van der Waals surface area contributed by atoms with E-state index in [1.54, 1.807) is 13.2 Å². The molecule has 28 heavy (non-hydrogen) atoms. The van der Waals surface area contributed by atoms with Crippen LogP contribution < -0.4 is 0 Å². The Kier molecular flexibility index (Phi) is 6.28. The number of phenolic OH excluding ortho intramolecular Hbond substituents is 2. The van der Waals surface area contributed by atoms with Crippen molar-refractivity contribution in [1.29, 1.82) is 0 Å². The van der Waals surface area contributed by atoms with E-state index >= 15 is 0 Å². The molecule has 0 saturated heterocycles. The fraction of sp³-hybridized carbons (Fsp3) is 0.238. The van der Waals surface area contributed by atoms with Crippen LogP contribution in [0.15, 0.2) is 41.4 Å². The molecule has 6 nitrogen and oxygen atoms in total. The number of aromatic nitrogens is 2. The number of hydrogen-bond donors (Lipinski definition) is 4. The molecule has 0 bridgehead atoms. The molecular weight excluding hydrogens is 374 g/mol. The molecule has 0 aliphatic carbocycles. The van der Waals surface area contributed by atoms with Crippen molar-refractivity contribution in [3.8, 4) is 33.9 Å². The fourth-order valence-corrected chi connectivity index (χ4v) is 3.41. The third kappa shape index (κ3) is 4.16. The molecule has 0 aliphatic rings. The number of aliphatic imine (C=N–C) groups is 1. The van der Waals surface area contributed by atoms with Crippen LogP contribution >= 0.6 is 12.2 Å². The van der Waals surface area contributed by atoms with E-state index in [2.05, 4.69) is 28.2 Å². The molecule has 0 aliphatic heterocycles. The normalized spacial score (nSPS) is 11.4. The molecule has 3 rings (SSSR count). The predicted octanol–water partition coefficient (Wildman–Crippen LogP) is 4.39. The van der Waals surface area contributed by atoms with Crippen molar-refractivity contribution in [3.05, 3.63) is 52.2 Å². The van der Waals surface area contributed by atoms with Gasteiger partial charge in [0.1, 0.15) is 16.1 Å². The summed E-state index contributed by atoms with van der Waals surface area (Å²) in [5.41, 5.74) is 5.25. The number of hydrogen-bond acceptors (Lipinski definition) is 5. The number of nitrogens with one attached hydrogen (secondary N) is 2. The maximum Gasteiger partial charge on any atom is 0.128 e. The van der Waals surface area contributed by atoms with Gasteiger partial charge < -0.3 is 14.9 Å². The van der Waals surface area contributed by atoms with Gasteiger partial charge >= 0.3 is 0 Å². The number of phenols is 2. The number of nitrogens with zero attached hydrogens (tertiary/aromatic N) is 1. The maximum absolute atomic E-state index is 10.3. The largest absolute Gasteiger partial charge is 0.508 e. The third-order valence-electron chi connectivity index (χ3n) is 4.56. The topological polar surface area (TPSA) is 93.6 Å². The van der Waals surface area contributed by atoms with Crippen molar-refractivity contribution in [2.75, 3.05) is 20.3 Å². The minimum Gasteiger partial charge on any atom is -0.508 e. The van der Waals surface area contributed by atoms with E-state index in [0.29, 0.717) is 35.5 Å². The zero-order chi connectivity index (χ0) is 20.1. The smallest absolute Gasteiger partial charge is 0.128 e. The van der Waals surface area contributed by atoms with Crippen molar-refractivity contribution in [2.45, 2.75) is 13.3 Å². The molecule has 0 unspecified atom stereocenters. The van der Waals surface area contributed by atoms with E-state index in [9.17, 15) is 10.2 Å². The lowest BCUT2D eigenvalue weighted by atomic mass is 9.92. The summed E-state index contributed by atoms with van der Waals surface area (Å²) < 4.78 is 5.57. The van der Waals surface area contributed by atoms with Crippen molar-refractivity contribution in [1.82, 2.24) is 10.2 Å². The molecule has 0 radical (unpaired) electrons. The number of aryl methyl sites for hydroxylation is 1. The molecule has 2 aromatic carbocycles. The average Bonchev–Trinajstić information content (AvgIpc) is 3.03. The Morgan fingerprint density at radius 3 is 2.71 bits per heavy atom. The van der Waals surface area contributed by atoms with Crippen LogP contribution in [0.25, 0.3) is 22.4 Å². The van der Waals surface area contributed by atoms with Crippen molar-refractivity contribution in [2.24, 2.45) is 4.99 Å². The van der Waals surface area contributed by atoms with Gasteiger partial charge in [0, 0.05) is 36.9 Å². The number of H-pyrrole nitrogens is 2. The molecule has 0 amide bonds. The minimum absolute atomic E-state index is 0.000414. The maximum atomic E-state index is 10.3. The summed E-state index contributed by atoms with van der Waals surface area (Å²) in [5, 5.41) is 25.9. The van der Waals surface area contributed by atoms with Crippen LogP contribution in [-0.2, 0) is 11.2 Å². The van der Waals surface area contributed by atoms with Gasteiger partial charge in [-0.3, -0.25) is 15.2 Å². The lowest BCUT2D eigenvalue weighted by molar-refractivity contribution is 0.208. The second kappa shape index (κ2) is 8.86. The summed E-state index contributed by atoms with van der Waals surface area (Å²) in [4.78, 5) is 4.39. The third-order valence-corrected chi connectivity index (χ3v) is 4.86. The molecule has 0 spiro atoms. The van der Waals surface area contributed by atoms with E-state index in [0.717, 1.165) is 22.3 Å². The van der Waals surface area contributed by atoms with Gasteiger partial charge in [-0.2, -0.15) is 0 Å². The van der Waals surface area contributed by atoms with Crippen LogP contribution in [0.3, 0.4) is 0 Å². The Morgan fingerprint density at radius 2 is 1.96 bits per heavy atom. The molecule has 1 heterocycles. The lowest BCUT2D eigenvalue weighted by Gasteiger charge is -2.12. The Bertz CT molecular complexity index is 1050. The zero-order valence-corrected chi connectivity index (χ0v) is 16.6. The summed E-state index contributed by atoms with van der Waals surface area (Å²) in [6.07, 6.45) is 2.55. The van der Waals surface area contributed by atoms with Gasteiger partial charge in [-0.15, -0.1) is 0 Å². The molecule has 4 N–H and O–H groups in total. The lowest BCUT2D eigenvalue weighted by Crippen LogP contribution is -1.98. The van der Waals surface area contributed by atoms with E-state index in [-0.39, 0.29) is 11.5 Å². The first-order chi connectivity index (χ1) is 13.5. The Morgan fingerprint density at radius 1 is 1.14 bits per heavy atom. The summed E-state index contributed by atoms with van der Waals surface area (Å²) >= 11 is 5.53. The van der Waals surface area contributed by atoms with Crippen LogP contribution in [-0.4, -0.2) is 46.9 Å². The summed E-state index contributed by atoms with van der Waals surface area (Å²) in [5.74, 6) is -0.0257. The number of ether oxygens (including phenoxy) is 1. The van der Waals surface area contributed by atoms with Gasteiger partial charge in [-0.25, -0.2) is 0 Å². The predicted molar refractivity (Wildman–Crippen MR) is 114 cm³/mol. The van der Waals surface area contributed by atoms with Gasteiger partial charge in [0.2, 0.25) is 0 Å². The summed E-state index contributed by atoms with van der Waals surface area (Å²) in [7, 11) is 1.66. The van der Waals surface area contributed by atoms with Gasteiger partial charge in [-0.05, 0) is 35.7 Å². The SMILES string of the molecule is COCCN=CCc1c(C)cccc1-c1c(-c2ccc(O)cc2O)[nH][nH]c1=S. The number of rotatable bonds is 7. The van der Waals surface area contributed by atoms with Gasteiger partial charge in [0.15, 0.2) is 0 Å². The van der Waals surface area contributed by atoms with Crippen molar-refractivity contribution >= 4 is 18.4 Å². The van der Waals surface area contributed by atoms with Gasteiger partial charge in [0.05, 0.1) is 18.8 Å². The fourth-order valence-electron chi connectivity index (χ4n) is 3.15. The highest BCUT2D eigenvalue weighted by molar-refractivity contribution is 7.71. The van der Waals surface area contributed by atoms with E-state index in [1.165, 1.54) is 12.1 Å². The van der Waals surface area contributed by atoms with E-state index in [4.69, 9.17) is 17.0 Å². The van der Waals surface area contributed by atoms with Crippen LogP contribution in [0, 0.1) is 11.6 Å². The first-order valence-corrected chi connectivity index (χ1v) is 9.32. The molecular formula is C21H23N3O3S. The number of aromatic hydroxyl groups is 2. The van der Waals surface area contributed by atoms with Crippen LogP contribution in [0.4, 0.5) is 0 Å². The van der Waals surface area contributed by atoms with Crippen molar-refractivity contribution in [3.63, 3.8) is 0 Å². The molecule has 3 aromatic rings. The Hall–Kier alpha value is -2.90. The highest BCUT2D eigenvalue weighted by Gasteiger charge is 2.18. The summed E-state index contributed by atoms with van der Waals surface area (Å²) in [6.45, 7) is 3.26. The Balaban J connectivity index is 2.08. The van der Waals surface area contributed by atoms with Crippen LogP contribution in [0.5, 0.6) is 11.5 Å². The first-order valence-electron chi connectivity index (χ1n) is 8.92. The molecule has 146 valence electrons. The molecule has 1 aromatic heterocycles. The average molecular weight is 398 g/mol. The minimum atomic E-state index is -0.0261. The monoisotopic (exact) mass is 397 g/mol. The molecule has 0 atom stereocenters. The molecule has 0 saturated carbocycles. The van der Waals surface area contributed by atoms with Crippen LogP contribution in [0.2, 0.25) is 0 Å². The van der Waals surface area contributed by atoms with Gasteiger partial charge in [0.25, 0.3) is 0 Å². The Labute approximate surface area is 168 Å². The van der Waals surface area contributed by atoms with Crippen molar-refractivity contribution < 1.29 is 14.9 Å². The zero-order valence-electron chi connectivity index (χ0n) is 15.8. The van der Waals surface area contributed by atoms with Gasteiger partial charge in [-0.1, -0.05) is 30.4 Å². The number of benzene rings is 2. The quantitative estimate of drug-likeness (QED) is 0.270. The second-order valence-corrected chi connectivity index (χ2v) is 6.83. The number of aromatic amines is 2. The first kappa shape index (κ1) is 19.9. The number of methoxy groups -OCH3 is 1. The van der Waals surface area contributed by atoms with E-state index < -0.39 is 0 Å². The standard InChI is InChI=1S/C21H23N3O3S/c1-13-4-3-5-16(15(13)8-9-22-10-11-27-2)19-20(23-24-21(19)28)17-7-6-14(25)12-18(17)26/h3-7,9,12,25-26H,8,10-11H2,1-2H3,(H2,23,24,28). The summed E-state index contributed by atoms with van der Waals surface area (Å²) in [6, 6.07) is 10.5. The van der Waals surface area contributed by atoms with Crippen LogP contribution in [0.1, 0.15) is 11.1 Å². The highest BCUT2D eigenvalue weighted by Crippen LogP contribution is 2.39. The molecule has 7 heteroatoms.